The van der Waals surface area contributed by atoms with Gasteiger partial charge in [0, 0.05) is 18.2 Å². The van der Waals surface area contributed by atoms with Gasteiger partial charge in [-0.15, -0.1) is 11.3 Å². The van der Waals surface area contributed by atoms with Crippen LogP contribution in [0.5, 0.6) is 0 Å². The van der Waals surface area contributed by atoms with E-state index in [-0.39, 0.29) is 23.8 Å². The number of carbonyl (C=O) groups excluding carboxylic acids is 2. The maximum absolute atomic E-state index is 12.5. The molecule has 6 heteroatoms. The van der Waals surface area contributed by atoms with Gasteiger partial charge >= 0.3 is 0 Å². The second-order valence-corrected chi connectivity index (χ2v) is 8.27. The Morgan fingerprint density at radius 3 is 2.52 bits per heavy atom. The number of rotatable bonds is 4. The van der Waals surface area contributed by atoms with Crippen molar-refractivity contribution < 1.29 is 9.59 Å². The number of amides is 2. The summed E-state index contributed by atoms with van der Waals surface area (Å²) >= 11 is 1.38. The molecule has 25 heavy (non-hydrogen) atoms. The maximum Gasteiger partial charge on any atom is 0.265 e. The molecule has 0 atom stereocenters. The van der Waals surface area contributed by atoms with Gasteiger partial charge in [-0.25, -0.2) is 4.98 Å². The van der Waals surface area contributed by atoms with Crippen LogP contribution in [0.1, 0.15) is 46.6 Å². The highest BCUT2D eigenvalue weighted by Crippen LogP contribution is 2.27. The lowest BCUT2D eigenvalue weighted by Gasteiger charge is -2.17. The minimum absolute atomic E-state index is 0.00499. The minimum atomic E-state index is -0.217. The molecule has 1 aromatic carbocycles. The first-order valence-electron chi connectivity index (χ1n) is 8.17. The number of carbonyl (C=O) groups is 2. The number of thiazole rings is 1. The van der Waals surface area contributed by atoms with Gasteiger partial charge in [-0.1, -0.05) is 32.9 Å². The Labute approximate surface area is 153 Å². The Morgan fingerprint density at radius 1 is 1.24 bits per heavy atom. The summed E-state index contributed by atoms with van der Waals surface area (Å²) in [5.41, 5.74) is 2.82. The van der Waals surface area contributed by atoms with Gasteiger partial charge in [0.05, 0.1) is 17.7 Å². The zero-order chi connectivity index (χ0) is 18.8. The van der Waals surface area contributed by atoms with Crippen LogP contribution in [0, 0.1) is 13.8 Å². The van der Waals surface area contributed by atoms with Crippen molar-refractivity contribution in [1.29, 1.82) is 0 Å². The lowest BCUT2D eigenvalue weighted by Crippen LogP contribution is -2.34. The molecule has 1 aromatic heterocycles. The number of benzene rings is 1. The highest BCUT2D eigenvalue weighted by atomic mass is 32.1. The first-order valence-corrected chi connectivity index (χ1v) is 8.99. The topological polar surface area (TPSA) is 62.3 Å². The minimum Gasteiger partial charge on any atom is -0.332 e. The van der Waals surface area contributed by atoms with Crippen LogP contribution in [0.25, 0.3) is 0 Å². The molecule has 0 aliphatic heterocycles. The lowest BCUT2D eigenvalue weighted by molar-refractivity contribution is -0.116. The van der Waals surface area contributed by atoms with E-state index in [1.807, 2.05) is 32.0 Å². The number of likely N-dealkylation sites (N-methyl/N-ethyl adjacent to an activating group) is 1. The van der Waals surface area contributed by atoms with Crippen LogP contribution in [0.3, 0.4) is 0 Å². The van der Waals surface area contributed by atoms with Crippen molar-refractivity contribution in [2.45, 2.75) is 40.0 Å². The van der Waals surface area contributed by atoms with Gasteiger partial charge in [-0.3, -0.25) is 9.59 Å². The largest absolute Gasteiger partial charge is 0.332 e. The summed E-state index contributed by atoms with van der Waals surface area (Å²) in [5.74, 6) is -0.408. The highest BCUT2D eigenvalue weighted by Gasteiger charge is 2.22. The molecule has 2 aromatic rings. The molecule has 0 aliphatic carbocycles. The molecule has 134 valence electrons. The molecule has 0 saturated heterocycles. The highest BCUT2D eigenvalue weighted by molar-refractivity contribution is 7.13. The van der Waals surface area contributed by atoms with E-state index in [2.05, 4.69) is 31.1 Å². The Morgan fingerprint density at radius 2 is 1.92 bits per heavy atom. The fourth-order valence-electron chi connectivity index (χ4n) is 2.27. The predicted molar refractivity (Wildman–Crippen MR) is 102 cm³/mol. The van der Waals surface area contributed by atoms with E-state index in [9.17, 15) is 9.59 Å². The Bertz CT molecular complexity index is 790. The quantitative estimate of drug-likeness (QED) is 0.904. The number of aryl methyl sites for hydroxylation is 1. The number of hydrogen-bond acceptors (Lipinski definition) is 4. The van der Waals surface area contributed by atoms with Gasteiger partial charge in [-0.05, 0) is 31.0 Å². The van der Waals surface area contributed by atoms with Crippen molar-refractivity contribution in [2.24, 2.45) is 0 Å². The average Bonchev–Trinajstić information content (AvgIpc) is 3.01. The number of hydrogen-bond donors (Lipinski definition) is 1. The summed E-state index contributed by atoms with van der Waals surface area (Å²) in [6.45, 7) is 10.1. The molecule has 0 unspecified atom stereocenters. The van der Waals surface area contributed by atoms with Crippen LogP contribution in [-0.4, -0.2) is 35.3 Å². The van der Waals surface area contributed by atoms with Gasteiger partial charge < -0.3 is 10.2 Å². The van der Waals surface area contributed by atoms with Crippen molar-refractivity contribution in [1.82, 2.24) is 9.88 Å². The van der Waals surface area contributed by atoms with Gasteiger partial charge in [0.1, 0.15) is 4.88 Å². The van der Waals surface area contributed by atoms with E-state index in [1.54, 1.807) is 13.2 Å². The molecule has 2 amide bonds. The summed E-state index contributed by atoms with van der Waals surface area (Å²) in [5, 5.41) is 3.78. The van der Waals surface area contributed by atoms with Crippen LogP contribution in [0.15, 0.2) is 24.4 Å². The Hall–Kier alpha value is -2.21. The number of nitrogens with zero attached hydrogens (tertiary/aromatic N) is 2. The molecule has 2 rings (SSSR count). The van der Waals surface area contributed by atoms with E-state index in [1.165, 1.54) is 16.2 Å². The molecule has 0 spiro atoms. The molecular weight excluding hydrogens is 334 g/mol. The fourth-order valence-corrected chi connectivity index (χ4v) is 3.24. The summed E-state index contributed by atoms with van der Waals surface area (Å²) in [6.07, 6.45) is 1.59. The average molecular weight is 359 g/mol. The molecule has 5 nitrogen and oxygen atoms in total. The van der Waals surface area contributed by atoms with E-state index in [0.717, 1.165) is 21.8 Å². The summed E-state index contributed by atoms with van der Waals surface area (Å²) in [7, 11) is 1.63. The van der Waals surface area contributed by atoms with Crippen LogP contribution in [0.2, 0.25) is 0 Å². The monoisotopic (exact) mass is 359 g/mol. The standard InChI is InChI=1S/C19H25N3O2S/c1-12-8-7-9-14(13(12)2)21-16(23)11-22(6)17(24)15-10-20-18(25-15)19(3,4)5/h7-10H,11H2,1-6H3,(H,21,23). The Balaban J connectivity index is 2.02. The van der Waals surface area contributed by atoms with Crippen molar-refractivity contribution in [2.75, 3.05) is 18.9 Å². The number of anilines is 1. The summed E-state index contributed by atoms with van der Waals surface area (Å²) in [6, 6.07) is 5.76. The van der Waals surface area contributed by atoms with E-state index < -0.39 is 0 Å². The SMILES string of the molecule is Cc1cccc(NC(=O)CN(C)C(=O)c2cnc(C(C)(C)C)s2)c1C. The number of aromatic nitrogens is 1. The smallest absolute Gasteiger partial charge is 0.265 e. The molecule has 0 aliphatic rings. The van der Waals surface area contributed by atoms with Gasteiger partial charge in [0.25, 0.3) is 5.91 Å². The van der Waals surface area contributed by atoms with E-state index >= 15 is 0 Å². The lowest BCUT2D eigenvalue weighted by atomic mass is 9.98. The van der Waals surface area contributed by atoms with Crippen LogP contribution < -0.4 is 5.32 Å². The molecule has 0 saturated carbocycles. The first kappa shape index (κ1) is 19.1. The van der Waals surface area contributed by atoms with Crippen LogP contribution in [0.4, 0.5) is 5.69 Å². The van der Waals surface area contributed by atoms with E-state index in [4.69, 9.17) is 0 Å². The van der Waals surface area contributed by atoms with Gasteiger partial charge in [-0.2, -0.15) is 0 Å². The third-order valence-electron chi connectivity index (χ3n) is 3.96. The number of nitrogens with one attached hydrogen (secondary N) is 1. The second-order valence-electron chi connectivity index (χ2n) is 7.24. The molecule has 1 N–H and O–H groups in total. The molecule has 0 bridgehead atoms. The van der Waals surface area contributed by atoms with Gasteiger partial charge in [0.15, 0.2) is 0 Å². The zero-order valence-corrected chi connectivity index (χ0v) is 16.5. The zero-order valence-electron chi connectivity index (χ0n) is 15.6. The van der Waals surface area contributed by atoms with Gasteiger partial charge in [0.2, 0.25) is 5.91 Å². The van der Waals surface area contributed by atoms with Crippen LogP contribution >= 0.6 is 11.3 Å². The van der Waals surface area contributed by atoms with Crippen molar-refractivity contribution in [3.8, 4) is 0 Å². The third-order valence-corrected chi connectivity index (χ3v) is 5.38. The predicted octanol–water partition coefficient (Wildman–Crippen LogP) is 3.77. The van der Waals surface area contributed by atoms with E-state index in [0.29, 0.717) is 4.88 Å². The summed E-state index contributed by atoms with van der Waals surface area (Å²) < 4.78 is 0. The van der Waals surface area contributed by atoms with Crippen molar-refractivity contribution >= 4 is 28.8 Å². The summed E-state index contributed by atoms with van der Waals surface area (Å²) in [4.78, 5) is 31.1. The van der Waals surface area contributed by atoms with Crippen molar-refractivity contribution in [3.63, 3.8) is 0 Å². The van der Waals surface area contributed by atoms with Crippen molar-refractivity contribution in [3.05, 3.63) is 45.4 Å². The fraction of sp³-hybridized carbons (Fsp3) is 0.421. The molecule has 1 heterocycles. The third kappa shape index (κ3) is 4.66. The normalized spacial score (nSPS) is 11.3. The molecule has 0 radical (unpaired) electrons. The first-order chi connectivity index (χ1) is 11.6. The van der Waals surface area contributed by atoms with Crippen LogP contribution in [-0.2, 0) is 10.2 Å². The second kappa shape index (κ2) is 7.35. The molecular formula is C19H25N3O2S. The maximum atomic E-state index is 12.5. The molecule has 0 fully saturated rings. The Kier molecular flexibility index (Phi) is 5.62.